The number of rotatable bonds is 4. The second-order valence-electron chi connectivity index (χ2n) is 5.71. The highest BCUT2D eigenvalue weighted by Crippen LogP contribution is 2.26. The fraction of sp³-hybridized carbons (Fsp3) is 0.562. The maximum Gasteiger partial charge on any atom is 0.248 e. The van der Waals surface area contributed by atoms with E-state index in [1.807, 2.05) is 18.2 Å². The van der Waals surface area contributed by atoms with Crippen LogP contribution in [0.5, 0.6) is 0 Å². The van der Waals surface area contributed by atoms with Crippen LogP contribution in [0.3, 0.4) is 0 Å². The van der Waals surface area contributed by atoms with Crippen LogP contribution in [0.2, 0.25) is 0 Å². The Balaban J connectivity index is 1.71. The molecule has 2 saturated heterocycles. The molecule has 2 aliphatic heterocycles. The zero-order valence-corrected chi connectivity index (χ0v) is 12.2. The summed E-state index contributed by atoms with van der Waals surface area (Å²) < 4.78 is 11.4. The first-order valence-electron chi connectivity index (χ1n) is 7.60. The smallest absolute Gasteiger partial charge is 0.248 e. The molecule has 1 atom stereocenters. The summed E-state index contributed by atoms with van der Waals surface area (Å²) in [5.41, 5.74) is 7.02. The van der Waals surface area contributed by atoms with Gasteiger partial charge in [-0.05, 0) is 37.1 Å². The van der Waals surface area contributed by atoms with Crippen molar-refractivity contribution in [1.82, 2.24) is 4.90 Å². The molecule has 0 aliphatic carbocycles. The minimum Gasteiger partial charge on any atom is -0.366 e. The van der Waals surface area contributed by atoms with Crippen LogP contribution < -0.4 is 5.73 Å². The molecule has 1 aromatic carbocycles. The molecule has 5 heteroatoms. The molecule has 3 rings (SSSR count). The van der Waals surface area contributed by atoms with Gasteiger partial charge in [0.05, 0.1) is 19.3 Å². The van der Waals surface area contributed by atoms with Gasteiger partial charge < -0.3 is 15.2 Å². The largest absolute Gasteiger partial charge is 0.366 e. The van der Waals surface area contributed by atoms with Gasteiger partial charge in [0.1, 0.15) is 0 Å². The summed E-state index contributed by atoms with van der Waals surface area (Å²) in [5, 5.41) is 0. The fourth-order valence-electron chi connectivity index (χ4n) is 3.18. The minimum absolute atomic E-state index is 0.107. The van der Waals surface area contributed by atoms with Crippen molar-refractivity contribution < 1.29 is 14.3 Å². The normalized spacial score (nSPS) is 24.3. The van der Waals surface area contributed by atoms with Gasteiger partial charge in [0.15, 0.2) is 6.29 Å². The molecular weight excluding hydrogens is 268 g/mol. The molecule has 0 saturated carbocycles. The third-order valence-electron chi connectivity index (χ3n) is 4.22. The average Bonchev–Trinajstić information content (AvgIpc) is 3.02. The van der Waals surface area contributed by atoms with Gasteiger partial charge in [0, 0.05) is 12.1 Å². The highest BCUT2D eigenvalue weighted by molar-refractivity contribution is 5.92. The number of nitrogens with two attached hydrogens (primary N) is 1. The minimum atomic E-state index is -0.380. The Morgan fingerprint density at radius 3 is 2.86 bits per heavy atom. The first-order chi connectivity index (χ1) is 10.2. The van der Waals surface area contributed by atoms with Crippen LogP contribution in [-0.2, 0) is 16.0 Å². The molecule has 114 valence electrons. The highest BCUT2D eigenvalue weighted by Gasteiger charge is 2.33. The zero-order chi connectivity index (χ0) is 14.7. The van der Waals surface area contributed by atoms with Gasteiger partial charge >= 0.3 is 0 Å². The summed E-state index contributed by atoms with van der Waals surface area (Å²) in [6.45, 7) is 3.21. The Morgan fingerprint density at radius 1 is 1.29 bits per heavy atom. The number of nitrogens with zero attached hydrogens (tertiary/aromatic N) is 1. The third-order valence-corrected chi connectivity index (χ3v) is 4.22. The van der Waals surface area contributed by atoms with Crippen molar-refractivity contribution in [3.8, 4) is 0 Å². The second-order valence-corrected chi connectivity index (χ2v) is 5.71. The van der Waals surface area contributed by atoms with E-state index in [9.17, 15) is 4.79 Å². The quantitative estimate of drug-likeness (QED) is 0.913. The van der Waals surface area contributed by atoms with Gasteiger partial charge in [0.2, 0.25) is 5.91 Å². The van der Waals surface area contributed by atoms with Crippen LogP contribution in [0.15, 0.2) is 24.3 Å². The fourth-order valence-corrected chi connectivity index (χ4v) is 3.18. The number of benzene rings is 1. The Kier molecular flexibility index (Phi) is 4.53. The van der Waals surface area contributed by atoms with E-state index in [2.05, 4.69) is 4.90 Å². The van der Waals surface area contributed by atoms with Crippen LogP contribution in [0.25, 0.3) is 0 Å². The topological polar surface area (TPSA) is 64.8 Å². The molecule has 1 aromatic rings. The lowest BCUT2D eigenvalue weighted by Crippen LogP contribution is -2.46. The lowest BCUT2D eigenvalue weighted by molar-refractivity contribution is -0.111. The standard InChI is InChI=1S/C16H22N2O3/c17-15(19)13-5-3-4-12(10-13)11-18-7-2-1-6-14(18)16-20-8-9-21-16/h3-5,10,14,16H,1-2,6-9,11H2,(H2,17,19). The number of carbonyl (C=O) groups is 1. The van der Waals surface area contributed by atoms with E-state index in [1.54, 1.807) is 6.07 Å². The van der Waals surface area contributed by atoms with Gasteiger partial charge in [-0.1, -0.05) is 18.6 Å². The molecule has 2 aliphatic rings. The zero-order valence-electron chi connectivity index (χ0n) is 12.2. The summed E-state index contributed by atoms with van der Waals surface area (Å²) in [4.78, 5) is 13.7. The lowest BCUT2D eigenvalue weighted by Gasteiger charge is -2.38. The SMILES string of the molecule is NC(=O)c1cccc(CN2CCCCC2C2OCCO2)c1. The molecule has 0 aromatic heterocycles. The maximum atomic E-state index is 11.3. The Labute approximate surface area is 125 Å². The summed E-state index contributed by atoms with van der Waals surface area (Å²) in [6, 6.07) is 7.86. The van der Waals surface area contributed by atoms with E-state index >= 15 is 0 Å². The number of hydrogen-bond donors (Lipinski definition) is 1. The Bertz CT molecular complexity index is 500. The van der Waals surface area contributed by atoms with Crippen LogP contribution in [-0.4, -0.2) is 42.9 Å². The summed E-state index contributed by atoms with van der Waals surface area (Å²) in [5.74, 6) is -0.380. The summed E-state index contributed by atoms with van der Waals surface area (Å²) >= 11 is 0. The predicted octanol–water partition coefficient (Wildman–Crippen LogP) is 1.51. The van der Waals surface area contributed by atoms with E-state index in [0.717, 1.165) is 25.1 Å². The molecule has 0 bridgehead atoms. The van der Waals surface area contributed by atoms with Crippen LogP contribution in [0, 0.1) is 0 Å². The third kappa shape index (κ3) is 3.43. The molecule has 5 nitrogen and oxygen atoms in total. The molecule has 0 radical (unpaired) electrons. The van der Waals surface area contributed by atoms with E-state index in [0.29, 0.717) is 24.8 Å². The monoisotopic (exact) mass is 290 g/mol. The molecular formula is C16H22N2O3. The number of likely N-dealkylation sites (tertiary alicyclic amines) is 1. The summed E-state index contributed by atoms with van der Waals surface area (Å²) in [6.07, 6.45) is 3.40. The number of hydrogen-bond acceptors (Lipinski definition) is 4. The number of carbonyl (C=O) groups excluding carboxylic acids is 1. The number of amides is 1. The summed E-state index contributed by atoms with van der Waals surface area (Å²) in [7, 11) is 0. The molecule has 1 amide bonds. The van der Waals surface area contributed by atoms with Crippen LogP contribution in [0.4, 0.5) is 0 Å². The average molecular weight is 290 g/mol. The maximum absolute atomic E-state index is 11.3. The van der Waals surface area contributed by atoms with E-state index in [1.165, 1.54) is 12.8 Å². The van der Waals surface area contributed by atoms with Gasteiger partial charge in [0.25, 0.3) is 0 Å². The first-order valence-corrected chi connectivity index (χ1v) is 7.60. The van der Waals surface area contributed by atoms with E-state index < -0.39 is 0 Å². The Hall–Kier alpha value is -1.43. The predicted molar refractivity (Wildman–Crippen MR) is 78.7 cm³/mol. The molecule has 2 N–H and O–H groups in total. The molecule has 2 fully saturated rings. The van der Waals surface area contributed by atoms with Gasteiger partial charge in [-0.3, -0.25) is 9.69 Å². The number of piperidine rings is 1. The number of primary amides is 1. The van der Waals surface area contributed by atoms with Gasteiger partial charge in [-0.15, -0.1) is 0 Å². The molecule has 21 heavy (non-hydrogen) atoms. The molecule has 2 heterocycles. The van der Waals surface area contributed by atoms with Crippen molar-refractivity contribution in [2.45, 2.75) is 38.1 Å². The van der Waals surface area contributed by atoms with Crippen LogP contribution >= 0.6 is 0 Å². The highest BCUT2D eigenvalue weighted by atomic mass is 16.7. The molecule has 1 unspecified atom stereocenters. The van der Waals surface area contributed by atoms with Crippen molar-refractivity contribution >= 4 is 5.91 Å². The molecule has 0 spiro atoms. The Morgan fingerprint density at radius 2 is 2.10 bits per heavy atom. The van der Waals surface area contributed by atoms with E-state index in [-0.39, 0.29) is 12.2 Å². The van der Waals surface area contributed by atoms with Crippen molar-refractivity contribution in [2.75, 3.05) is 19.8 Å². The lowest BCUT2D eigenvalue weighted by atomic mass is 10.00. The van der Waals surface area contributed by atoms with Gasteiger partial charge in [-0.25, -0.2) is 0 Å². The first kappa shape index (κ1) is 14.5. The van der Waals surface area contributed by atoms with E-state index in [4.69, 9.17) is 15.2 Å². The second kappa shape index (κ2) is 6.56. The van der Waals surface area contributed by atoms with Crippen molar-refractivity contribution in [2.24, 2.45) is 5.73 Å². The van der Waals surface area contributed by atoms with Crippen molar-refractivity contribution in [3.63, 3.8) is 0 Å². The van der Waals surface area contributed by atoms with Crippen LogP contribution in [0.1, 0.15) is 35.2 Å². The number of ether oxygens (including phenoxy) is 2. The van der Waals surface area contributed by atoms with Crippen molar-refractivity contribution in [1.29, 1.82) is 0 Å². The van der Waals surface area contributed by atoms with Gasteiger partial charge in [-0.2, -0.15) is 0 Å². The van der Waals surface area contributed by atoms with Crippen molar-refractivity contribution in [3.05, 3.63) is 35.4 Å².